The number of hydrogen-bond acceptors (Lipinski definition) is 10. The highest BCUT2D eigenvalue weighted by molar-refractivity contribution is 5.95. The first-order chi connectivity index (χ1) is 20.5. The van der Waals surface area contributed by atoms with Gasteiger partial charge in [0.2, 0.25) is 12.2 Å². The van der Waals surface area contributed by atoms with Crippen molar-refractivity contribution < 1.29 is 33.6 Å². The van der Waals surface area contributed by atoms with Crippen LogP contribution in [0.2, 0.25) is 0 Å². The third kappa shape index (κ3) is 5.44. The van der Waals surface area contributed by atoms with E-state index >= 15 is 0 Å². The van der Waals surface area contributed by atoms with Crippen LogP contribution < -0.4 is 15.4 Å². The third-order valence-corrected chi connectivity index (χ3v) is 6.54. The molecule has 5 atom stereocenters. The number of imidazole rings is 1. The Labute approximate surface area is 239 Å². The minimum absolute atomic E-state index is 0.0465. The quantitative estimate of drug-likeness (QED) is 0.278. The number of hydrogen-bond donors (Lipinski definition) is 3. The van der Waals surface area contributed by atoms with E-state index in [1.165, 1.54) is 31.0 Å². The molecule has 3 aromatic heterocycles. The molecule has 0 bridgehead atoms. The average molecular weight is 572 g/mol. The smallest absolute Gasteiger partial charge is 0.341 e. The number of nitrogens with zero attached hydrogens (tertiary/aromatic N) is 5. The van der Waals surface area contributed by atoms with Gasteiger partial charge in [0.25, 0.3) is 0 Å². The topological polar surface area (TPSA) is 172 Å². The summed E-state index contributed by atoms with van der Waals surface area (Å²) in [7, 11) is 0. The average Bonchev–Trinajstić information content (AvgIpc) is 3.70. The normalized spacial score (nSPS) is 22.6. The first-order valence-corrected chi connectivity index (χ1v) is 13.1. The molecule has 214 valence electrons. The SMILES string of the molecule is CCNC(=O)Nc1ncnc2c1ncn2[C@@H]1O[C@H](COc2ncccc2C(=O)O)[C@H]2OC(C#Cc3ccccc3)O[C@H]21. The molecular formula is C28H25N7O7. The second-order valence-electron chi connectivity index (χ2n) is 9.24. The van der Waals surface area contributed by atoms with Crippen molar-refractivity contribution in [3.63, 3.8) is 0 Å². The summed E-state index contributed by atoms with van der Waals surface area (Å²) in [4.78, 5) is 40.7. The van der Waals surface area contributed by atoms with Crippen LogP contribution in [-0.4, -0.2) is 79.4 Å². The Kier molecular flexibility index (Phi) is 7.60. The first-order valence-electron chi connectivity index (χ1n) is 13.1. The van der Waals surface area contributed by atoms with Crippen LogP contribution in [-0.2, 0) is 14.2 Å². The Bertz CT molecular complexity index is 1670. The van der Waals surface area contributed by atoms with Gasteiger partial charge < -0.3 is 29.4 Å². The summed E-state index contributed by atoms with van der Waals surface area (Å²) in [6.45, 7) is 2.16. The number of aromatic carboxylic acids is 1. The molecule has 2 fully saturated rings. The predicted octanol–water partition coefficient (Wildman–Crippen LogP) is 2.20. The number of carboxylic acids is 1. The van der Waals surface area contributed by atoms with Crippen molar-refractivity contribution in [1.82, 2.24) is 29.8 Å². The lowest BCUT2D eigenvalue weighted by Crippen LogP contribution is -2.33. The number of carboxylic acid groups (broad SMARTS) is 1. The minimum atomic E-state index is -1.17. The van der Waals surface area contributed by atoms with E-state index < -0.39 is 42.8 Å². The van der Waals surface area contributed by atoms with Crippen molar-refractivity contribution in [2.24, 2.45) is 0 Å². The van der Waals surface area contributed by atoms with E-state index in [1.807, 2.05) is 30.3 Å². The molecule has 2 saturated heterocycles. The Hall–Kier alpha value is -5.10. The summed E-state index contributed by atoms with van der Waals surface area (Å²) in [5.41, 5.74) is 1.46. The summed E-state index contributed by atoms with van der Waals surface area (Å²) in [6.07, 6.45) is 0.656. The summed E-state index contributed by atoms with van der Waals surface area (Å²) in [6, 6.07) is 11.9. The zero-order chi connectivity index (χ0) is 29.1. The van der Waals surface area contributed by atoms with Crippen molar-refractivity contribution in [3.8, 4) is 17.7 Å². The van der Waals surface area contributed by atoms with Gasteiger partial charge in [0, 0.05) is 18.3 Å². The van der Waals surface area contributed by atoms with Crippen molar-refractivity contribution in [1.29, 1.82) is 0 Å². The second kappa shape index (κ2) is 11.8. The van der Waals surface area contributed by atoms with E-state index in [0.29, 0.717) is 17.7 Å². The molecule has 2 aliphatic rings. The van der Waals surface area contributed by atoms with Gasteiger partial charge in [0.05, 0.1) is 6.33 Å². The zero-order valence-corrected chi connectivity index (χ0v) is 22.2. The van der Waals surface area contributed by atoms with E-state index in [9.17, 15) is 14.7 Å². The molecule has 0 saturated carbocycles. The Morgan fingerprint density at radius 3 is 2.69 bits per heavy atom. The Morgan fingerprint density at radius 1 is 1.05 bits per heavy atom. The molecule has 0 radical (unpaired) electrons. The molecule has 0 spiro atoms. The molecule has 5 heterocycles. The molecule has 42 heavy (non-hydrogen) atoms. The third-order valence-electron chi connectivity index (χ3n) is 6.54. The number of nitrogens with one attached hydrogen (secondary N) is 2. The molecule has 2 aliphatic heterocycles. The van der Waals surface area contributed by atoms with Gasteiger partial charge in [-0.15, -0.1) is 0 Å². The number of carbonyl (C=O) groups excluding carboxylic acids is 1. The predicted molar refractivity (Wildman–Crippen MR) is 145 cm³/mol. The maximum atomic E-state index is 12.1. The van der Waals surface area contributed by atoms with Crippen molar-refractivity contribution in [2.75, 3.05) is 18.5 Å². The minimum Gasteiger partial charge on any atom is -0.477 e. The van der Waals surface area contributed by atoms with Gasteiger partial charge in [-0.3, -0.25) is 9.88 Å². The van der Waals surface area contributed by atoms with E-state index in [-0.39, 0.29) is 23.9 Å². The number of benzene rings is 1. The number of carbonyl (C=O) groups is 2. The van der Waals surface area contributed by atoms with Crippen molar-refractivity contribution >= 4 is 29.0 Å². The van der Waals surface area contributed by atoms with E-state index in [4.69, 9.17) is 18.9 Å². The van der Waals surface area contributed by atoms with Crippen LogP contribution in [0.15, 0.2) is 61.3 Å². The molecule has 1 unspecified atom stereocenters. The Morgan fingerprint density at radius 2 is 1.88 bits per heavy atom. The molecule has 2 amide bonds. The lowest BCUT2D eigenvalue weighted by atomic mass is 10.1. The number of fused-ring (bicyclic) bond motifs is 2. The number of rotatable bonds is 7. The molecule has 6 rings (SSSR count). The maximum Gasteiger partial charge on any atom is 0.341 e. The number of amides is 2. The van der Waals surface area contributed by atoms with Gasteiger partial charge in [-0.1, -0.05) is 24.1 Å². The van der Waals surface area contributed by atoms with Crippen molar-refractivity contribution in [3.05, 3.63) is 72.4 Å². The summed E-state index contributed by atoms with van der Waals surface area (Å²) in [5.74, 6) is 5.07. The second-order valence-corrected chi connectivity index (χ2v) is 9.24. The molecule has 1 aromatic carbocycles. The molecule has 0 aliphatic carbocycles. The van der Waals surface area contributed by atoms with Crippen LogP contribution >= 0.6 is 0 Å². The molecule has 4 aromatic rings. The molecular weight excluding hydrogens is 546 g/mol. The molecule has 14 heteroatoms. The number of anilines is 1. The van der Waals surface area contributed by atoms with Gasteiger partial charge >= 0.3 is 12.0 Å². The Balaban J connectivity index is 1.28. The highest BCUT2D eigenvalue weighted by Gasteiger charge is 2.54. The monoisotopic (exact) mass is 571 g/mol. The van der Waals surface area contributed by atoms with Gasteiger partial charge in [0.1, 0.15) is 36.8 Å². The fourth-order valence-electron chi connectivity index (χ4n) is 4.70. The lowest BCUT2D eigenvalue weighted by molar-refractivity contribution is -0.128. The van der Waals surface area contributed by atoms with Crippen LogP contribution in [0, 0.1) is 11.8 Å². The fraction of sp³-hybridized carbons (Fsp3) is 0.286. The highest BCUT2D eigenvalue weighted by atomic mass is 16.8. The lowest BCUT2D eigenvalue weighted by Gasteiger charge is -2.20. The van der Waals surface area contributed by atoms with E-state index in [2.05, 4.69) is 42.4 Å². The zero-order valence-electron chi connectivity index (χ0n) is 22.2. The number of pyridine rings is 1. The van der Waals surface area contributed by atoms with Crippen molar-refractivity contribution in [2.45, 2.75) is 37.8 Å². The standard InChI is InChI=1S/C28H25N7O7/c1-2-29-28(38)34-23-20-24(32-14-31-23)35(15-33-20)26-22-21(41-19(42-22)11-10-16-7-4-3-5-8-16)18(40-26)13-39-25-17(27(36)37)9-6-12-30-25/h3-9,12,14-15,18-19,21-22,26H,2,13H2,1H3,(H,36,37)(H2,29,31,32,34,38)/t18-,19?,21-,22-,26-/m1/s1. The largest absolute Gasteiger partial charge is 0.477 e. The van der Waals surface area contributed by atoms with E-state index in [1.54, 1.807) is 11.5 Å². The van der Waals surface area contributed by atoms with Gasteiger partial charge in [-0.25, -0.2) is 29.5 Å². The van der Waals surface area contributed by atoms with Gasteiger partial charge in [-0.2, -0.15) is 0 Å². The first kappa shape index (κ1) is 27.1. The molecule has 3 N–H and O–H groups in total. The summed E-state index contributed by atoms with van der Waals surface area (Å²) < 4.78 is 26.2. The van der Waals surface area contributed by atoms with Gasteiger partial charge in [-0.05, 0) is 37.1 Å². The fourth-order valence-corrected chi connectivity index (χ4v) is 4.70. The summed E-state index contributed by atoms with van der Waals surface area (Å²) in [5, 5.41) is 14.8. The van der Waals surface area contributed by atoms with Crippen LogP contribution in [0.25, 0.3) is 11.2 Å². The number of ether oxygens (including phenoxy) is 4. The number of urea groups is 1. The molecule has 14 nitrogen and oxygen atoms in total. The van der Waals surface area contributed by atoms with Gasteiger partial charge in [0.15, 0.2) is 23.2 Å². The van der Waals surface area contributed by atoms with Crippen LogP contribution in [0.3, 0.4) is 0 Å². The highest BCUT2D eigenvalue weighted by Crippen LogP contribution is 2.40. The maximum absolute atomic E-state index is 12.1. The summed E-state index contributed by atoms with van der Waals surface area (Å²) >= 11 is 0. The van der Waals surface area contributed by atoms with Crippen LogP contribution in [0.1, 0.15) is 29.1 Å². The number of aromatic nitrogens is 5. The van der Waals surface area contributed by atoms with Crippen LogP contribution in [0.4, 0.5) is 10.6 Å². The van der Waals surface area contributed by atoms with E-state index in [0.717, 1.165) is 5.56 Å². The van der Waals surface area contributed by atoms with Crippen LogP contribution in [0.5, 0.6) is 5.88 Å².